The third-order valence-corrected chi connectivity index (χ3v) is 33.1. The Morgan fingerprint density at radius 1 is 0.368 bits per heavy atom. The maximum Gasteiger partial charge on any atom is 0.330 e. The van der Waals surface area contributed by atoms with Gasteiger partial charge in [-0.25, -0.2) is 24.0 Å². The van der Waals surface area contributed by atoms with E-state index in [1.54, 1.807) is 12.1 Å². The van der Waals surface area contributed by atoms with Crippen LogP contribution in [-0.2, 0) is 95.7 Å². The Morgan fingerprint density at radius 3 is 0.888 bits per heavy atom. The lowest BCUT2D eigenvalue weighted by Crippen LogP contribution is -2.46. The number of hydrogen-bond acceptors (Lipinski definition) is 30. The van der Waals surface area contributed by atoms with Gasteiger partial charge in [0.15, 0.2) is 8.32 Å². The molecule has 125 heavy (non-hydrogen) atoms. The van der Waals surface area contributed by atoms with Crippen LogP contribution >= 0.6 is 0 Å². The number of aromatic amines is 5. The van der Waals surface area contributed by atoms with Gasteiger partial charge in [-0.05, 0) is 107 Å². The van der Waals surface area contributed by atoms with Crippen LogP contribution in [-0.4, -0.2) is 188 Å². The Morgan fingerprint density at radius 2 is 0.616 bits per heavy atom. The minimum atomic E-state index is -4.96. The SMILES string of the molecule is COc1ccc(C(OC[C@H]2O[C@@H](n3cc(C)c(=O)[nH]c3=O)C[C@@H]2OS(=O)(=O)CC[C@H]2O[C@@H](n3cc(C)c(=O)[nH]c3=O)C[C@@H]2OS(=O)(=O)CC[C@H]2O[C@@H](n3cc(C)c(=O)[nH]c3=O)C[C@@H]2OS(=O)(=O)CC[C@H]2O[C@@H](n3cc(C)c(=O)[nH]c3=O)C[C@@H]2OS(=O)(=O)CC[C@H]2O[C@@H](n3cc(C)c(=O)[nH]c3=O)C[C@@H]2O[Si](C)(C)C(C)(C)C)(c2ccccc2)c2ccccc2)cc1. The highest BCUT2D eigenvalue weighted by Gasteiger charge is 2.51. The van der Waals surface area contributed by atoms with Gasteiger partial charge in [-0.1, -0.05) is 93.6 Å². The van der Waals surface area contributed by atoms with Crippen molar-refractivity contribution in [2.24, 2.45) is 0 Å². The monoisotopic (exact) mass is 1840 g/mol. The van der Waals surface area contributed by atoms with Gasteiger partial charge in [0.25, 0.3) is 68.3 Å². The number of rotatable bonds is 34. The van der Waals surface area contributed by atoms with Crippen LogP contribution in [0.2, 0.25) is 18.1 Å². The Bertz CT molecular complexity index is 6400. The topological polar surface area (TPSA) is 522 Å². The smallest absolute Gasteiger partial charge is 0.330 e. The standard InChI is InChI=1S/C80H100N10O30S4Si/c1-45-39-86(74(96)81-69(45)91)64-34-58(116-121(101,102)31-27-55-60(36-66(112-55)88-41-47(3)71(93)83-76(88)98)118-123(105,106)33-29-57-62(120-125(10,11)79(6,7)8)38-68(114-57)90-43-49(5)73(95)85-78(90)100)54(111-64)26-30-122(103,104)117-59-35-65(87-40-46(2)70(92)82-75(87)97)113-56(59)28-32-124(107,108)119-61-37-67(89-42-48(4)72(94)84-77(89)99)115-63(61)44-110-80(50-18-14-12-15-19-50,51-20-16-13-17-21-51)52-22-24-53(109-9)25-23-52/h12-25,39-43,54-68H,26-38,44H2,1-11H3,(H,81,91,96)(H,82,92,97)(H,83,93,98)(H,84,94,99)(H,85,95,100)/t54-,55-,56-,57-,58+,59+,60+,61+,62+,63-,64-,65-,66-,67-,68-/m1/s1. The third-order valence-electron chi connectivity index (χ3n) is 23.4. The van der Waals surface area contributed by atoms with Crippen LogP contribution in [0.5, 0.6) is 5.75 Å². The molecule has 0 radical (unpaired) electrons. The molecule has 5 N–H and O–H groups in total. The molecular weight excluding hydrogens is 1740 g/mol. The number of hydrogen-bond donors (Lipinski definition) is 5. The second-order valence-corrected chi connectivity index (χ2v) is 44.9. The van der Waals surface area contributed by atoms with Crippen LogP contribution in [0.1, 0.15) is 154 Å². The highest BCUT2D eigenvalue weighted by Crippen LogP contribution is 2.46. The summed E-state index contributed by atoms with van der Waals surface area (Å²) in [5.41, 5.74) is -7.34. The van der Waals surface area contributed by atoms with Gasteiger partial charge in [0.2, 0.25) is 0 Å². The first kappa shape index (κ1) is 93.1. The average Bonchev–Trinajstić information content (AvgIpc) is 1.65. The first-order valence-corrected chi connectivity index (χ1v) is 49.6. The van der Waals surface area contributed by atoms with E-state index in [0.717, 1.165) is 36.9 Å². The van der Waals surface area contributed by atoms with Crippen molar-refractivity contribution in [3.8, 4) is 5.75 Å². The first-order valence-electron chi connectivity index (χ1n) is 40.4. The van der Waals surface area contributed by atoms with E-state index < -0.39 is 271 Å². The van der Waals surface area contributed by atoms with E-state index >= 15 is 0 Å². The van der Waals surface area contributed by atoms with Gasteiger partial charge < -0.3 is 37.6 Å². The lowest BCUT2D eigenvalue weighted by molar-refractivity contribution is -0.0911. The number of ether oxygens (including phenoxy) is 7. The van der Waals surface area contributed by atoms with Crippen molar-refractivity contribution in [3.63, 3.8) is 0 Å². The summed E-state index contributed by atoms with van der Waals surface area (Å²) in [6.45, 7) is 16.6. The van der Waals surface area contributed by atoms with Crippen LogP contribution in [0.15, 0.2) is 164 Å². The van der Waals surface area contributed by atoms with Gasteiger partial charge in [0.05, 0.1) is 67.2 Å². The second kappa shape index (κ2) is 37.0. The molecule has 5 aromatic heterocycles. The zero-order chi connectivity index (χ0) is 90.4. The number of methoxy groups -OCH3 is 1. The molecule has 45 heteroatoms. The zero-order valence-electron chi connectivity index (χ0n) is 70.1. The fourth-order valence-corrected chi connectivity index (χ4v) is 21.9. The molecule has 0 spiro atoms. The molecule has 0 unspecified atom stereocenters. The summed E-state index contributed by atoms with van der Waals surface area (Å²) in [6.07, 6.45) is -18.3. The normalized spacial score (nSPS) is 24.6. The average molecular weight is 1840 g/mol. The minimum Gasteiger partial charge on any atom is -0.497 e. The van der Waals surface area contributed by atoms with Crippen LogP contribution in [0.4, 0.5) is 0 Å². The lowest BCUT2D eigenvalue weighted by Gasteiger charge is -2.39. The van der Waals surface area contributed by atoms with Gasteiger partial charge in [-0.2, -0.15) is 33.7 Å². The number of nitrogens with one attached hydrogen (secondary N) is 5. The summed E-state index contributed by atoms with van der Waals surface area (Å²) in [4.78, 5) is 141. The Labute approximate surface area is 716 Å². The van der Waals surface area contributed by atoms with E-state index in [2.05, 4.69) is 24.9 Å². The van der Waals surface area contributed by atoms with Crippen molar-refractivity contribution in [1.29, 1.82) is 0 Å². The molecule has 0 bridgehead atoms. The van der Waals surface area contributed by atoms with E-state index in [9.17, 15) is 81.6 Å². The van der Waals surface area contributed by atoms with E-state index in [1.807, 2.05) is 107 Å². The maximum absolute atomic E-state index is 14.8. The molecule has 5 aliphatic heterocycles. The molecule has 0 aliphatic carbocycles. The summed E-state index contributed by atoms with van der Waals surface area (Å²) < 4.78 is 197. The molecule has 0 amide bonds. The fraction of sp³-hybridized carbons (Fsp3) is 0.525. The number of H-pyrrole nitrogens is 5. The molecule has 5 fully saturated rings. The molecule has 5 saturated heterocycles. The number of nitrogens with zero attached hydrogens (tertiary/aromatic N) is 5. The van der Waals surface area contributed by atoms with Crippen molar-refractivity contribution in [3.05, 3.63) is 265 Å². The van der Waals surface area contributed by atoms with E-state index in [-0.39, 0.29) is 52.1 Å². The van der Waals surface area contributed by atoms with Crippen LogP contribution in [0.25, 0.3) is 0 Å². The number of aromatic nitrogens is 10. The predicted octanol–water partition coefficient (Wildman–Crippen LogP) is 3.55. The largest absolute Gasteiger partial charge is 0.497 e. The summed E-state index contributed by atoms with van der Waals surface area (Å²) in [5, 5.41) is -0.338. The van der Waals surface area contributed by atoms with Gasteiger partial charge in [-0.3, -0.25) is 88.5 Å². The van der Waals surface area contributed by atoms with Crippen molar-refractivity contribution in [2.45, 2.75) is 229 Å². The molecule has 3 aromatic carbocycles. The van der Waals surface area contributed by atoms with Gasteiger partial charge >= 0.3 is 28.4 Å². The third kappa shape index (κ3) is 21.3. The number of benzene rings is 3. The van der Waals surface area contributed by atoms with Crippen molar-refractivity contribution >= 4 is 48.8 Å². The van der Waals surface area contributed by atoms with Crippen molar-refractivity contribution < 1.29 is 88.0 Å². The maximum atomic E-state index is 14.8. The zero-order valence-corrected chi connectivity index (χ0v) is 74.4. The Hall–Kier alpha value is -9.56. The molecule has 0 saturated carbocycles. The highest BCUT2D eigenvalue weighted by molar-refractivity contribution is 7.87. The van der Waals surface area contributed by atoms with Gasteiger partial charge in [-0.15, -0.1) is 0 Å². The summed E-state index contributed by atoms with van der Waals surface area (Å²) in [5.74, 6) is -3.17. The van der Waals surface area contributed by atoms with Gasteiger partial charge in [0, 0.05) is 90.9 Å². The Kier molecular flexibility index (Phi) is 27.6. The van der Waals surface area contributed by atoms with Crippen molar-refractivity contribution in [1.82, 2.24) is 47.8 Å². The molecule has 8 aromatic rings. The fourth-order valence-electron chi connectivity index (χ4n) is 15.7. The second-order valence-electron chi connectivity index (χ2n) is 33.3. The molecule has 10 heterocycles. The van der Waals surface area contributed by atoms with E-state index in [4.69, 9.17) is 54.3 Å². The molecule has 13 rings (SSSR count). The Balaban J connectivity index is 0.731. The number of aryl methyl sites for hydroxylation is 5. The van der Waals surface area contributed by atoms with Crippen LogP contribution < -0.4 is 61.0 Å². The van der Waals surface area contributed by atoms with E-state index in [1.165, 1.54) is 58.7 Å². The van der Waals surface area contributed by atoms with Crippen molar-refractivity contribution in [2.75, 3.05) is 36.7 Å². The predicted molar refractivity (Wildman–Crippen MR) is 450 cm³/mol. The molecular formula is C80H100N10O30S4Si. The lowest BCUT2D eigenvalue weighted by atomic mass is 9.80. The molecule has 15 atom stereocenters. The molecule has 678 valence electrons. The minimum absolute atomic E-state index is 0.00798. The summed E-state index contributed by atoms with van der Waals surface area (Å²) in [6, 6.07) is 25.4. The van der Waals surface area contributed by atoms with E-state index in [0.29, 0.717) is 22.4 Å². The van der Waals surface area contributed by atoms with Crippen LogP contribution in [0.3, 0.4) is 0 Å². The molecule has 40 nitrogen and oxygen atoms in total. The highest BCUT2D eigenvalue weighted by atomic mass is 32.2. The summed E-state index contributed by atoms with van der Waals surface area (Å²) in [7, 11) is -20.6. The quantitative estimate of drug-likeness (QED) is 0.0219. The first-order chi connectivity index (χ1) is 58.8. The van der Waals surface area contributed by atoms with Gasteiger partial charge in [0.1, 0.15) is 73.0 Å². The summed E-state index contributed by atoms with van der Waals surface area (Å²) >= 11 is 0. The molecule has 5 aliphatic rings. The van der Waals surface area contributed by atoms with Crippen LogP contribution in [0, 0.1) is 34.6 Å².